The number of hydrogen-bond donors (Lipinski definition) is 1. The first-order chi connectivity index (χ1) is 9.65. The van der Waals surface area contributed by atoms with Crippen molar-refractivity contribution < 1.29 is 9.63 Å². The van der Waals surface area contributed by atoms with Gasteiger partial charge >= 0.3 is 0 Å². The van der Waals surface area contributed by atoms with Crippen LogP contribution in [0.4, 0.5) is 0 Å². The summed E-state index contributed by atoms with van der Waals surface area (Å²) < 4.78 is 5.26. The fourth-order valence-electron chi connectivity index (χ4n) is 2.81. The maximum absolute atomic E-state index is 10.4. The Kier molecular flexibility index (Phi) is 3.87. The van der Waals surface area contributed by atoms with Gasteiger partial charge in [0.15, 0.2) is 5.82 Å². The van der Waals surface area contributed by atoms with E-state index in [4.69, 9.17) is 4.52 Å². The van der Waals surface area contributed by atoms with E-state index in [0.717, 1.165) is 31.2 Å². The summed E-state index contributed by atoms with van der Waals surface area (Å²) in [6, 6.07) is 1.97. The average molecular weight is 293 g/mol. The summed E-state index contributed by atoms with van der Waals surface area (Å²) in [7, 11) is 1.98. The summed E-state index contributed by atoms with van der Waals surface area (Å²) in [6.45, 7) is 1.26. The largest absolute Gasteiger partial charge is 0.389 e. The van der Waals surface area contributed by atoms with Crippen LogP contribution >= 0.6 is 11.3 Å². The molecule has 0 aliphatic heterocycles. The van der Waals surface area contributed by atoms with Gasteiger partial charge in [0.1, 0.15) is 0 Å². The first-order valence-corrected chi connectivity index (χ1v) is 7.85. The van der Waals surface area contributed by atoms with E-state index in [0.29, 0.717) is 24.8 Å². The monoisotopic (exact) mass is 293 g/mol. The molecule has 0 bridgehead atoms. The Bertz CT molecular complexity index is 547. The standard InChI is InChI=1S/C14H19N3O2S/c1-17(10-14(18)5-2-3-6-14)8-12-15-13(19-16-12)11-4-7-20-9-11/h4,7,9,18H,2-3,5-6,8,10H2,1H3. The van der Waals surface area contributed by atoms with Crippen LogP contribution in [-0.2, 0) is 6.54 Å². The minimum Gasteiger partial charge on any atom is -0.389 e. The minimum absolute atomic E-state index is 0.533. The van der Waals surface area contributed by atoms with Gasteiger partial charge in [-0.1, -0.05) is 18.0 Å². The van der Waals surface area contributed by atoms with Crippen LogP contribution in [0.3, 0.4) is 0 Å². The van der Waals surface area contributed by atoms with E-state index in [9.17, 15) is 5.11 Å². The predicted molar refractivity (Wildman–Crippen MR) is 77.4 cm³/mol. The molecule has 1 aliphatic rings. The number of hydrogen-bond acceptors (Lipinski definition) is 6. The number of nitrogens with zero attached hydrogens (tertiary/aromatic N) is 3. The number of likely N-dealkylation sites (N-methyl/N-ethyl adjacent to an activating group) is 1. The van der Waals surface area contributed by atoms with Crippen molar-refractivity contribution in [2.75, 3.05) is 13.6 Å². The lowest BCUT2D eigenvalue weighted by molar-refractivity contribution is 0.0138. The van der Waals surface area contributed by atoms with E-state index in [1.807, 2.05) is 23.9 Å². The third kappa shape index (κ3) is 3.08. The molecule has 0 spiro atoms. The average Bonchev–Trinajstić information content (AvgIpc) is 3.08. The van der Waals surface area contributed by atoms with E-state index in [-0.39, 0.29) is 0 Å². The fraction of sp³-hybridized carbons (Fsp3) is 0.571. The lowest BCUT2D eigenvalue weighted by Gasteiger charge is -2.27. The molecule has 0 aromatic carbocycles. The Hall–Kier alpha value is -1.24. The number of rotatable bonds is 5. The summed E-state index contributed by atoms with van der Waals surface area (Å²) in [6.07, 6.45) is 4.02. The molecule has 0 radical (unpaired) electrons. The summed E-state index contributed by atoms with van der Waals surface area (Å²) in [5.74, 6) is 1.23. The lowest BCUT2D eigenvalue weighted by atomic mass is 10.0. The Balaban J connectivity index is 1.60. The van der Waals surface area contributed by atoms with Gasteiger partial charge < -0.3 is 9.63 Å². The van der Waals surface area contributed by atoms with Crippen LogP contribution in [0.25, 0.3) is 11.5 Å². The van der Waals surface area contributed by atoms with Crippen LogP contribution in [-0.4, -0.2) is 39.3 Å². The van der Waals surface area contributed by atoms with Gasteiger partial charge in [-0.15, -0.1) is 0 Å². The molecular weight excluding hydrogens is 274 g/mol. The molecule has 0 saturated heterocycles. The zero-order valence-electron chi connectivity index (χ0n) is 11.6. The highest BCUT2D eigenvalue weighted by Crippen LogP contribution is 2.30. The number of aliphatic hydroxyl groups is 1. The molecule has 1 saturated carbocycles. The molecule has 2 aromatic heterocycles. The van der Waals surface area contributed by atoms with Crippen molar-refractivity contribution in [3.05, 3.63) is 22.7 Å². The zero-order valence-corrected chi connectivity index (χ0v) is 12.4. The maximum Gasteiger partial charge on any atom is 0.258 e. The predicted octanol–water partition coefficient (Wildman–Crippen LogP) is 2.54. The molecule has 0 unspecified atom stereocenters. The van der Waals surface area contributed by atoms with Crippen molar-refractivity contribution >= 4 is 11.3 Å². The normalized spacial score (nSPS) is 17.9. The quantitative estimate of drug-likeness (QED) is 0.918. The Morgan fingerprint density at radius 2 is 2.25 bits per heavy atom. The molecule has 5 nitrogen and oxygen atoms in total. The van der Waals surface area contributed by atoms with Crippen molar-refractivity contribution in [2.24, 2.45) is 0 Å². The van der Waals surface area contributed by atoms with Crippen LogP contribution in [0, 0.1) is 0 Å². The molecule has 0 atom stereocenters. The zero-order chi connectivity index (χ0) is 14.0. The number of thiophene rings is 1. The molecule has 20 heavy (non-hydrogen) atoms. The summed E-state index contributed by atoms with van der Waals surface area (Å²) in [5, 5.41) is 18.4. The van der Waals surface area contributed by atoms with Crippen LogP contribution in [0.2, 0.25) is 0 Å². The Labute approximate surface area is 122 Å². The smallest absolute Gasteiger partial charge is 0.258 e. The second-order valence-electron chi connectivity index (χ2n) is 5.63. The molecule has 2 aromatic rings. The van der Waals surface area contributed by atoms with E-state index < -0.39 is 5.60 Å². The Morgan fingerprint density at radius 1 is 1.45 bits per heavy atom. The van der Waals surface area contributed by atoms with Crippen LogP contribution in [0.1, 0.15) is 31.5 Å². The second-order valence-corrected chi connectivity index (χ2v) is 6.41. The second kappa shape index (κ2) is 5.63. The van der Waals surface area contributed by atoms with E-state index in [1.165, 1.54) is 0 Å². The van der Waals surface area contributed by atoms with Crippen molar-refractivity contribution in [1.82, 2.24) is 15.0 Å². The highest BCUT2D eigenvalue weighted by atomic mass is 32.1. The third-order valence-electron chi connectivity index (χ3n) is 3.75. The van der Waals surface area contributed by atoms with Crippen LogP contribution < -0.4 is 0 Å². The van der Waals surface area contributed by atoms with Gasteiger partial charge in [-0.3, -0.25) is 4.90 Å². The van der Waals surface area contributed by atoms with Gasteiger partial charge in [0.2, 0.25) is 0 Å². The van der Waals surface area contributed by atoms with Crippen molar-refractivity contribution in [1.29, 1.82) is 0 Å². The summed E-state index contributed by atoms with van der Waals surface area (Å²) in [5.41, 5.74) is 0.431. The van der Waals surface area contributed by atoms with E-state index in [2.05, 4.69) is 15.0 Å². The molecule has 0 amide bonds. The van der Waals surface area contributed by atoms with E-state index >= 15 is 0 Å². The molecule has 1 aliphatic carbocycles. The van der Waals surface area contributed by atoms with Crippen LogP contribution in [0.15, 0.2) is 21.3 Å². The van der Waals surface area contributed by atoms with Crippen molar-refractivity contribution in [3.8, 4) is 11.5 Å². The fourth-order valence-corrected chi connectivity index (χ4v) is 3.44. The lowest BCUT2D eigenvalue weighted by Crippen LogP contribution is -2.38. The van der Waals surface area contributed by atoms with Gasteiger partial charge in [-0.2, -0.15) is 16.3 Å². The molecule has 108 valence electrons. The number of aromatic nitrogens is 2. The highest BCUT2D eigenvalue weighted by molar-refractivity contribution is 7.08. The van der Waals surface area contributed by atoms with Gasteiger partial charge in [0.05, 0.1) is 17.7 Å². The van der Waals surface area contributed by atoms with Crippen LogP contribution in [0.5, 0.6) is 0 Å². The van der Waals surface area contributed by atoms with Gasteiger partial charge in [0.25, 0.3) is 5.89 Å². The summed E-state index contributed by atoms with van der Waals surface area (Å²) >= 11 is 1.61. The highest BCUT2D eigenvalue weighted by Gasteiger charge is 2.32. The molecular formula is C14H19N3O2S. The minimum atomic E-state index is -0.533. The maximum atomic E-state index is 10.4. The molecule has 6 heteroatoms. The van der Waals surface area contributed by atoms with E-state index in [1.54, 1.807) is 11.3 Å². The molecule has 1 N–H and O–H groups in total. The Morgan fingerprint density at radius 3 is 2.95 bits per heavy atom. The topological polar surface area (TPSA) is 62.4 Å². The van der Waals surface area contributed by atoms with Crippen molar-refractivity contribution in [2.45, 2.75) is 37.8 Å². The first kappa shape index (κ1) is 13.7. The molecule has 1 fully saturated rings. The summed E-state index contributed by atoms with van der Waals surface area (Å²) in [4.78, 5) is 6.46. The van der Waals surface area contributed by atoms with Gasteiger partial charge in [-0.05, 0) is 31.3 Å². The molecule has 2 heterocycles. The van der Waals surface area contributed by atoms with Crippen molar-refractivity contribution in [3.63, 3.8) is 0 Å². The van der Waals surface area contributed by atoms with Gasteiger partial charge in [-0.25, -0.2) is 0 Å². The SMILES string of the molecule is CN(Cc1noc(-c2ccsc2)n1)CC1(O)CCCC1. The molecule has 3 rings (SSSR count). The van der Waals surface area contributed by atoms with Gasteiger partial charge in [0, 0.05) is 11.9 Å². The third-order valence-corrected chi connectivity index (χ3v) is 4.43. The first-order valence-electron chi connectivity index (χ1n) is 6.91.